The molecule has 1 aromatic carbocycles. The summed E-state index contributed by atoms with van der Waals surface area (Å²) in [5, 5.41) is 3.04. The highest BCUT2D eigenvalue weighted by atomic mass is 16.5. The second kappa shape index (κ2) is 9.06. The third kappa shape index (κ3) is 5.09. The summed E-state index contributed by atoms with van der Waals surface area (Å²) in [6.45, 7) is 4.39. The van der Waals surface area contributed by atoms with Gasteiger partial charge in [0, 0.05) is 19.1 Å². The van der Waals surface area contributed by atoms with E-state index in [0.29, 0.717) is 24.1 Å². The smallest absolute Gasteiger partial charge is 0.237 e. The molecular formula is C19H31N3O3. The Balaban J connectivity index is 1.91. The van der Waals surface area contributed by atoms with Crippen LogP contribution in [0.15, 0.2) is 18.2 Å². The van der Waals surface area contributed by atoms with E-state index < -0.39 is 0 Å². The van der Waals surface area contributed by atoms with Gasteiger partial charge in [0.05, 0.1) is 20.3 Å². The van der Waals surface area contributed by atoms with Gasteiger partial charge in [-0.2, -0.15) is 0 Å². The maximum absolute atomic E-state index is 12.5. The summed E-state index contributed by atoms with van der Waals surface area (Å²) in [5.41, 5.74) is 0.989. The monoisotopic (exact) mass is 349 g/mol. The van der Waals surface area contributed by atoms with Crippen LogP contribution in [-0.2, 0) is 11.3 Å². The van der Waals surface area contributed by atoms with Gasteiger partial charge in [0.1, 0.15) is 0 Å². The molecule has 2 atom stereocenters. The molecule has 1 fully saturated rings. The van der Waals surface area contributed by atoms with Crippen molar-refractivity contribution in [2.45, 2.75) is 38.4 Å². The van der Waals surface area contributed by atoms with Gasteiger partial charge >= 0.3 is 0 Å². The van der Waals surface area contributed by atoms with Crippen molar-refractivity contribution in [3.63, 3.8) is 0 Å². The van der Waals surface area contributed by atoms with Gasteiger partial charge in [-0.15, -0.1) is 0 Å². The molecule has 25 heavy (non-hydrogen) atoms. The molecule has 6 heteroatoms. The molecule has 2 rings (SSSR count). The molecule has 1 N–H and O–H groups in total. The SMILES string of the molecule is COc1ccc(CNC(=O)C(C)N2CCCC(N(C)C)C2)cc1OC. The van der Waals surface area contributed by atoms with Crippen molar-refractivity contribution in [3.05, 3.63) is 23.8 Å². The summed E-state index contributed by atoms with van der Waals surface area (Å²) < 4.78 is 10.6. The zero-order valence-electron chi connectivity index (χ0n) is 16.0. The van der Waals surface area contributed by atoms with E-state index in [4.69, 9.17) is 9.47 Å². The lowest BCUT2D eigenvalue weighted by Crippen LogP contribution is -2.52. The Bertz CT molecular complexity index is 577. The Labute approximate surface area is 151 Å². The Morgan fingerprint density at radius 2 is 2.04 bits per heavy atom. The van der Waals surface area contributed by atoms with Gasteiger partial charge in [0.2, 0.25) is 5.91 Å². The number of methoxy groups -OCH3 is 2. The summed E-state index contributed by atoms with van der Waals surface area (Å²) in [7, 11) is 7.44. The van der Waals surface area contributed by atoms with Crippen molar-refractivity contribution in [1.29, 1.82) is 0 Å². The number of benzene rings is 1. The minimum absolute atomic E-state index is 0.0641. The Hall–Kier alpha value is -1.79. The van der Waals surface area contributed by atoms with Crippen LogP contribution < -0.4 is 14.8 Å². The fourth-order valence-corrected chi connectivity index (χ4v) is 3.25. The number of nitrogens with one attached hydrogen (secondary N) is 1. The predicted molar refractivity (Wildman–Crippen MR) is 99.1 cm³/mol. The van der Waals surface area contributed by atoms with E-state index in [-0.39, 0.29) is 11.9 Å². The lowest BCUT2D eigenvalue weighted by Gasteiger charge is -2.38. The highest BCUT2D eigenvalue weighted by Crippen LogP contribution is 2.27. The van der Waals surface area contributed by atoms with Gasteiger partial charge < -0.3 is 19.7 Å². The number of nitrogens with zero attached hydrogens (tertiary/aromatic N) is 2. The highest BCUT2D eigenvalue weighted by molar-refractivity contribution is 5.81. The molecule has 2 unspecified atom stereocenters. The molecule has 0 bridgehead atoms. The topological polar surface area (TPSA) is 54.0 Å². The molecule has 1 saturated heterocycles. The number of carbonyl (C=O) groups excluding carboxylic acids is 1. The minimum atomic E-state index is -0.122. The van der Waals surface area contributed by atoms with Crippen LogP contribution in [0.1, 0.15) is 25.3 Å². The van der Waals surface area contributed by atoms with Crippen molar-refractivity contribution in [3.8, 4) is 11.5 Å². The second-order valence-corrected chi connectivity index (χ2v) is 6.84. The first-order valence-corrected chi connectivity index (χ1v) is 8.85. The van der Waals surface area contributed by atoms with Gasteiger partial charge in [-0.1, -0.05) is 6.07 Å². The number of hydrogen-bond acceptors (Lipinski definition) is 5. The molecule has 1 amide bonds. The Morgan fingerprint density at radius 3 is 2.68 bits per heavy atom. The standard InChI is InChI=1S/C19H31N3O3/c1-14(22-10-6-7-16(13-22)21(2)3)19(23)20-12-15-8-9-17(24-4)18(11-15)25-5/h8-9,11,14,16H,6-7,10,12-13H2,1-5H3,(H,20,23). The van der Waals surface area contributed by atoms with E-state index in [2.05, 4.69) is 29.2 Å². The molecule has 1 aromatic rings. The average Bonchev–Trinajstić information content (AvgIpc) is 2.65. The first-order chi connectivity index (χ1) is 12.0. The average molecular weight is 349 g/mol. The molecule has 0 spiro atoms. The Kier molecular flexibility index (Phi) is 7.08. The molecule has 0 radical (unpaired) electrons. The normalized spacial score (nSPS) is 19.5. The predicted octanol–water partition coefficient (Wildman–Crippen LogP) is 1.73. The molecular weight excluding hydrogens is 318 g/mol. The number of rotatable bonds is 7. The largest absolute Gasteiger partial charge is 0.493 e. The summed E-state index contributed by atoms with van der Waals surface area (Å²) in [6, 6.07) is 6.09. The van der Waals surface area contributed by atoms with Crippen molar-refractivity contribution >= 4 is 5.91 Å². The summed E-state index contributed by atoms with van der Waals surface area (Å²) >= 11 is 0. The van der Waals surface area contributed by atoms with Crippen LogP contribution in [0, 0.1) is 0 Å². The minimum Gasteiger partial charge on any atom is -0.493 e. The number of amides is 1. The summed E-state index contributed by atoms with van der Waals surface area (Å²) in [5.74, 6) is 1.43. The van der Waals surface area contributed by atoms with Crippen molar-refractivity contribution in [1.82, 2.24) is 15.1 Å². The van der Waals surface area contributed by atoms with E-state index >= 15 is 0 Å². The van der Waals surface area contributed by atoms with E-state index in [0.717, 1.165) is 25.1 Å². The van der Waals surface area contributed by atoms with Crippen molar-refractivity contribution in [2.75, 3.05) is 41.4 Å². The maximum Gasteiger partial charge on any atom is 0.237 e. The lowest BCUT2D eigenvalue weighted by molar-refractivity contribution is -0.126. The van der Waals surface area contributed by atoms with Crippen LogP contribution in [0.5, 0.6) is 11.5 Å². The van der Waals surface area contributed by atoms with E-state index in [9.17, 15) is 4.79 Å². The van der Waals surface area contributed by atoms with Crippen molar-refractivity contribution in [2.24, 2.45) is 0 Å². The highest BCUT2D eigenvalue weighted by Gasteiger charge is 2.28. The van der Waals surface area contributed by atoms with E-state index in [1.165, 1.54) is 6.42 Å². The van der Waals surface area contributed by atoms with Gasteiger partial charge in [-0.25, -0.2) is 0 Å². The molecule has 1 heterocycles. The quantitative estimate of drug-likeness (QED) is 0.813. The summed E-state index contributed by atoms with van der Waals surface area (Å²) in [6.07, 6.45) is 2.33. The number of likely N-dealkylation sites (N-methyl/N-ethyl adjacent to an activating group) is 1. The van der Waals surface area contributed by atoms with Crippen LogP contribution in [0.25, 0.3) is 0 Å². The van der Waals surface area contributed by atoms with E-state index in [1.807, 2.05) is 25.1 Å². The number of carbonyl (C=O) groups is 1. The number of hydrogen-bond donors (Lipinski definition) is 1. The second-order valence-electron chi connectivity index (χ2n) is 6.84. The molecule has 0 saturated carbocycles. The third-order valence-corrected chi connectivity index (χ3v) is 5.00. The maximum atomic E-state index is 12.5. The van der Waals surface area contributed by atoms with Gasteiger partial charge in [-0.3, -0.25) is 9.69 Å². The van der Waals surface area contributed by atoms with Gasteiger partial charge in [0.15, 0.2) is 11.5 Å². The number of piperidine rings is 1. The molecule has 0 aromatic heterocycles. The number of ether oxygens (including phenoxy) is 2. The van der Waals surface area contributed by atoms with Crippen LogP contribution >= 0.6 is 0 Å². The van der Waals surface area contributed by atoms with Crippen LogP contribution in [0.3, 0.4) is 0 Å². The van der Waals surface area contributed by atoms with Gasteiger partial charge in [-0.05, 0) is 58.1 Å². The molecule has 1 aliphatic heterocycles. The first kappa shape index (κ1) is 19.5. The molecule has 1 aliphatic rings. The lowest BCUT2D eigenvalue weighted by atomic mass is 10.0. The summed E-state index contributed by atoms with van der Waals surface area (Å²) in [4.78, 5) is 17.1. The van der Waals surface area contributed by atoms with Crippen LogP contribution in [-0.4, -0.2) is 69.2 Å². The zero-order valence-corrected chi connectivity index (χ0v) is 16.0. The fraction of sp³-hybridized carbons (Fsp3) is 0.632. The van der Waals surface area contributed by atoms with E-state index in [1.54, 1.807) is 14.2 Å². The zero-order chi connectivity index (χ0) is 18.4. The van der Waals surface area contributed by atoms with Crippen molar-refractivity contribution < 1.29 is 14.3 Å². The number of likely N-dealkylation sites (tertiary alicyclic amines) is 1. The fourth-order valence-electron chi connectivity index (χ4n) is 3.25. The first-order valence-electron chi connectivity index (χ1n) is 8.85. The van der Waals surface area contributed by atoms with Crippen LogP contribution in [0.2, 0.25) is 0 Å². The van der Waals surface area contributed by atoms with Crippen LogP contribution in [0.4, 0.5) is 0 Å². The Morgan fingerprint density at radius 1 is 1.32 bits per heavy atom. The molecule has 0 aliphatic carbocycles. The molecule has 6 nitrogen and oxygen atoms in total. The van der Waals surface area contributed by atoms with Gasteiger partial charge in [0.25, 0.3) is 0 Å². The third-order valence-electron chi connectivity index (χ3n) is 5.00. The molecule has 140 valence electrons.